The van der Waals surface area contributed by atoms with Crippen LogP contribution in [0.25, 0.3) is 0 Å². The second kappa shape index (κ2) is 3.15. The minimum atomic E-state index is -4.81. The average molecular weight is 190 g/mol. The van der Waals surface area contributed by atoms with E-state index >= 15 is 0 Å². The topological polar surface area (TPSA) is 38.7 Å². The van der Waals surface area contributed by atoms with E-state index in [1.54, 1.807) is 0 Å². The van der Waals surface area contributed by atoms with E-state index in [2.05, 4.69) is 9.47 Å². The lowest BCUT2D eigenvalue weighted by Crippen LogP contribution is -2.48. The van der Waals surface area contributed by atoms with Gasteiger partial charge >= 0.3 is 6.18 Å². The molecule has 72 valence electrons. The summed E-state index contributed by atoms with van der Waals surface area (Å²) in [6, 6.07) is 0. The number of rotatable bonds is 0. The van der Waals surface area contributed by atoms with Crippen molar-refractivity contribution in [3.05, 3.63) is 0 Å². The van der Waals surface area contributed by atoms with E-state index in [1.165, 1.54) is 0 Å². The normalized spacial score (nSPS) is 38.2. The molecule has 1 fully saturated rings. The van der Waals surface area contributed by atoms with Crippen LogP contribution in [0, 0.1) is 0 Å². The van der Waals surface area contributed by atoms with Crippen LogP contribution in [-0.4, -0.2) is 36.6 Å². The van der Waals surface area contributed by atoms with E-state index in [-0.39, 0.29) is 0 Å². The monoisotopic (exact) mass is 190 g/mol. The Kier molecular flexibility index (Phi) is 2.55. The maximum Gasteiger partial charge on any atom is 0.419 e. The minimum absolute atomic E-state index is 0.676. The standard InChI is InChI=1S/C5H6F4O3/c6-4-3(5(7,8)9)11-1-2(10)12-4/h2-4,10H,1H2/t2?,3?,4-/m0/s1. The molecule has 1 aliphatic rings. The lowest BCUT2D eigenvalue weighted by molar-refractivity contribution is -0.345. The van der Waals surface area contributed by atoms with Gasteiger partial charge in [-0.05, 0) is 0 Å². The molecule has 0 spiro atoms. The van der Waals surface area contributed by atoms with Crippen molar-refractivity contribution in [2.24, 2.45) is 0 Å². The maximum absolute atomic E-state index is 12.4. The Morgan fingerprint density at radius 2 is 1.92 bits per heavy atom. The van der Waals surface area contributed by atoms with Gasteiger partial charge in [-0.1, -0.05) is 0 Å². The molecular weight excluding hydrogens is 184 g/mol. The predicted octanol–water partition coefficient (Wildman–Crippen LogP) is 0.578. The fourth-order valence-corrected chi connectivity index (χ4v) is 0.765. The summed E-state index contributed by atoms with van der Waals surface area (Å²) >= 11 is 0. The van der Waals surface area contributed by atoms with Gasteiger partial charge < -0.3 is 14.6 Å². The average Bonchev–Trinajstić information content (AvgIpc) is 1.83. The van der Waals surface area contributed by atoms with Gasteiger partial charge in [-0.15, -0.1) is 0 Å². The van der Waals surface area contributed by atoms with E-state index in [0.29, 0.717) is 0 Å². The van der Waals surface area contributed by atoms with Gasteiger partial charge in [-0.3, -0.25) is 0 Å². The molecule has 0 radical (unpaired) electrons. The molecule has 12 heavy (non-hydrogen) atoms. The molecule has 0 saturated carbocycles. The summed E-state index contributed by atoms with van der Waals surface area (Å²) in [5.74, 6) is 0. The lowest BCUT2D eigenvalue weighted by atomic mass is 10.3. The van der Waals surface area contributed by atoms with Crippen LogP contribution in [0.2, 0.25) is 0 Å². The van der Waals surface area contributed by atoms with Gasteiger partial charge in [-0.2, -0.15) is 13.2 Å². The molecule has 7 heteroatoms. The summed E-state index contributed by atoms with van der Waals surface area (Å²) < 4.78 is 55.6. The van der Waals surface area contributed by atoms with Crippen molar-refractivity contribution >= 4 is 0 Å². The zero-order chi connectivity index (χ0) is 9.35. The van der Waals surface area contributed by atoms with Gasteiger partial charge in [0.05, 0.1) is 6.61 Å². The van der Waals surface area contributed by atoms with Gasteiger partial charge in [0.2, 0.25) is 12.5 Å². The highest BCUT2D eigenvalue weighted by molar-refractivity contribution is 4.74. The second-order valence-corrected chi connectivity index (χ2v) is 2.24. The minimum Gasteiger partial charge on any atom is -0.366 e. The molecule has 3 nitrogen and oxygen atoms in total. The third-order valence-corrected chi connectivity index (χ3v) is 1.27. The first-order valence-corrected chi connectivity index (χ1v) is 3.07. The number of aliphatic hydroxyl groups is 1. The molecule has 0 bridgehead atoms. The van der Waals surface area contributed by atoms with E-state index in [9.17, 15) is 17.6 Å². The van der Waals surface area contributed by atoms with Crippen molar-refractivity contribution in [3.8, 4) is 0 Å². The molecule has 2 unspecified atom stereocenters. The summed E-state index contributed by atoms with van der Waals surface area (Å²) in [6.07, 6.45) is -11.7. The Labute approximate surface area is 64.9 Å². The van der Waals surface area contributed by atoms with Crippen LogP contribution in [0.4, 0.5) is 17.6 Å². The molecule has 0 aromatic rings. The summed E-state index contributed by atoms with van der Waals surface area (Å²) in [5.41, 5.74) is 0. The molecule has 1 saturated heterocycles. The summed E-state index contributed by atoms with van der Waals surface area (Å²) in [7, 11) is 0. The highest BCUT2D eigenvalue weighted by Crippen LogP contribution is 2.30. The van der Waals surface area contributed by atoms with E-state index in [4.69, 9.17) is 5.11 Å². The summed E-state index contributed by atoms with van der Waals surface area (Å²) in [5, 5.41) is 8.51. The Balaban J connectivity index is 2.57. The highest BCUT2D eigenvalue weighted by atomic mass is 19.4. The van der Waals surface area contributed by atoms with Crippen LogP contribution in [0.1, 0.15) is 0 Å². The molecule has 0 aromatic carbocycles. The number of hydrogen-bond acceptors (Lipinski definition) is 3. The van der Waals surface area contributed by atoms with E-state index in [1.807, 2.05) is 0 Å². The molecule has 0 aromatic heterocycles. The van der Waals surface area contributed by atoms with Gasteiger partial charge in [0.1, 0.15) is 0 Å². The van der Waals surface area contributed by atoms with Crippen LogP contribution < -0.4 is 0 Å². The molecule has 3 atom stereocenters. The first-order chi connectivity index (χ1) is 5.41. The molecule has 0 aliphatic carbocycles. The van der Waals surface area contributed by atoms with Gasteiger partial charge in [0, 0.05) is 0 Å². The van der Waals surface area contributed by atoms with E-state index in [0.717, 1.165) is 0 Å². The van der Waals surface area contributed by atoms with Crippen LogP contribution >= 0.6 is 0 Å². The lowest BCUT2D eigenvalue weighted by Gasteiger charge is -2.30. The van der Waals surface area contributed by atoms with Gasteiger partial charge in [-0.25, -0.2) is 4.39 Å². The summed E-state index contributed by atoms with van der Waals surface area (Å²) in [4.78, 5) is 0. The molecule has 1 aliphatic heterocycles. The first-order valence-electron chi connectivity index (χ1n) is 3.07. The molecule has 1 rings (SSSR count). The maximum atomic E-state index is 12.4. The van der Waals surface area contributed by atoms with Crippen LogP contribution in [0.5, 0.6) is 0 Å². The smallest absolute Gasteiger partial charge is 0.366 e. The number of halogens is 4. The van der Waals surface area contributed by atoms with Crippen LogP contribution in [0.15, 0.2) is 0 Å². The zero-order valence-corrected chi connectivity index (χ0v) is 5.71. The Morgan fingerprint density at radius 1 is 1.33 bits per heavy atom. The number of hydrogen-bond donors (Lipinski definition) is 1. The Bertz CT molecular complexity index is 159. The van der Waals surface area contributed by atoms with Crippen molar-refractivity contribution in [1.29, 1.82) is 0 Å². The molecule has 1 N–H and O–H groups in total. The van der Waals surface area contributed by atoms with Crippen LogP contribution in [-0.2, 0) is 9.47 Å². The van der Waals surface area contributed by atoms with Crippen molar-refractivity contribution in [1.82, 2.24) is 0 Å². The SMILES string of the molecule is OC1COC(C(F)(F)F)[C@@H](F)O1. The van der Waals surface area contributed by atoms with Gasteiger partial charge in [0.25, 0.3) is 0 Å². The number of ether oxygens (including phenoxy) is 2. The van der Waals surface area contributed by atoms with Crippen LogP contribution in [0.3, 0.4) is 0 Å². The fraction of sp³-hybridized carbons (Fsp3) is 1.00. The molecular formula is C5H6F4O3. The van der Waals surface area contributed by atoms with Crippen molar-refractivity contribution in [3.63, 3.8) is 0 Å². The second-order valence-electron chi connectivity index (χ2n) is 2.24. The molecule has 1 heterocycles. The summed E-state index contributed by atoms with van der Waals surface area (Å²) in [6.45, 7) is -0.676. The zero-order valence-electron chi connectivity index (χ0n) is 5.71. The molecule has 0 amide bonds. The van der Waals surface area contributed by atoms with Gasteiger partial charge in [0.15, 0.2) is 6.29 Å². The third-order valence-electron chi connectivity index (χ3n) is 1.27. The largest absolute Gasteiger partial charge is 0.419 e. The van der Waals surface area contributed by atoms with Crippen molar-refractivity contribution in [2.75, 3.05) is 6.61 Å². The van der Waals surface area contributed by atoms with Crippen molar-refractivity contribution in [2.45, 2.75) is 24.9 Å². The van der Waals surface area contributed by atoms with Crippen molar-refractivity contribution < 1.29 is 32.1 Å². The number of aliphatic hydroxyl groups excluding tert-OH is 1. The fourth-order valence-electron chi connectivity index (χ4n) is 0.765. The first kappa shape index (κ1) is 9.69. The van der Waals surface area contributed by atoms with E-state index < -0.39 is 31.5 Å². The quantitative estimate of drug-likeness (QED) is 0.568. The Morgan fingerprint density at radius 3 is 2.33 bits per heavy atom. The Hall–Kier alpha value is -0.400. The highest BCUT2D eigenvalue weighted by Gasteiger charge is 2.50. The predicted molar refractivity (Wildman–Crippen MR) is 27.8 cm³/mol. The number of alkyl halides is 4. The third kappa shape index (κ3) is 2.05.